The molecule has 0 aliphatic heterocycles. The van der Waals surface area contributed by atoms with Gasteiger partial charge in [-0.25, -0.2) is 9.97 Å². The second-order valence-electron chi connectivity index (χ2n) is 2.93. The Balaban J connectivity index is 2.61. The third-order valence-corrected chi connectivity index (χ3v) is 1.87. The number of hydrogen-bond donors (Lipinski definition) is 2. The summed E-state index contributed by atoms with van der Waals surface area (Å²) in [6.07, 6.45) is -1.91. The van der Waals surface area contributed by atoms with Crippen LogP contribution < -0.4 is 5.73 Å². The molecule has 0 unspecified atom stereocenters. The molecule has 0 spiro atoms. The van der Waals surface area contributed by atoms with E-state index in [0.717, 1.165) is 0 Å². The fourth-order valence-electron chi connectivity index (χ4n) is 1.22. The van der Waals surface area contributed by atoms with E-state index < -0.39 is 11.9 Å². The molecule has 8 heteroatoms. The number of nitrogens with zero attached hydrogens (tertiary/aromatic N) is 3. The lowest BCUT2D eigenvalue weighted by Crippen LogP contribution is -2.08. The maximum Gasteiger partial charge on any atom is 0.433 e. The molecule has 3 N–H and O–H groups in total. The van der Waals surface area contributed by atoms with Gasteiger partial charge in [0.2, 0.25) is 0 Å². The van der Waals surface area contributed by atoms with Gasteiger partial charge in [-0.2, -0.15) is 18.3 Å². The van der Waals surface area contributed by atoms with Gasteiger partial charge >= 0.3 is 6.18 Å². The molecule has 16 heavy (non-hydrogen) atoms. The summed E-state index contributed by atoms with van der Waals surface area (Å²) in [4.78, 5) is 7.41. The van der Waals surface area contributed by atoms with Crippen LogP contribution in [0.4, 0.5) is 19.0 Å². The minimum absolute atomic E-state index is 0.110. The first-order valence-electron chi connectivity index (χ1n) is 4.18. The van der Waals surface area contributed by atoms with Gasteiger partial charge in [0.1, 0.15) is 0 Å². The summed E-state index contributed by atoms with van der Waals surface area (Å²) in [6.45, 7) is 0. The lowest BCUT2D eigenvalue weighted by molar-refractivity contribution is -0.140. The van der Waals surface area contributed by atoms with Crippen molar-refractivity contribution in [1.82, 2.24) is 20.2 Å². The number of H-pyrrole nitrogens is 1. The number of nitrogens with one attached hydrogen (secondary N) is 1. The number of aromatic amines is 1. The van der Waals surface area contributed by atoms with Crippen LogP contribution in [0.3, 0.4) is 0 Å². The molecule has 0 atom stereocenters. The Kier molecular flexibility index (Phi) is 2.26. The number of halogens is 3. The van der Waals surface area contributed by atoms with Gasteiger partial charge in [-0.15, -0.1) is 0 Å². The van der Waals surface area contributed by atoms with Crippen molar-refractivity contribution in [3.05, 3.63) is 24.2 Å². The Morgan fingerprint density at radius 2 is 1.81 bits per heavy atom. The van der Waals surface area contributed by atoms with Crippen molar-refractivity contribution in [2.45, 2.75) is 6.18 Å². The second-order valence-corrected chi connectivity index (χ2v) is 2.93. The molecule has 2 heterocycles. The Bertz CT molecular complexity index is 490. The molecule has 0 fully saturated rings. The number of aromatic nitrogens is 4. The van der Waals surface area contributed by atoms with Crippen LogP contribution in [0.15, 0.2) is 18.5 Å². The van der Waals surface area contributed by atoms with Crippen LogP contribution >= 0.6 is 0 Å². The first kappa shape index (κ1) is 10.4. The fraction of sp³-hybridized carbons (Fsp3) is 0.125. The summed E-state index contributed by atoms with van der Waals surface area (Å²) in [5.74, 6) is -0.389. The molecule has 2 aromatic heterocycles. The van der Waals surface area contributed by atoms with Crippen LogP contribution in [0.2, 0.25) is 0 Å². The first-order valence-corrected chi connectivity index (χ1v) is 4.18. The number of rotatable bonds is 1. The Hall–Kier alpha value is -2.12. The molecule has 0 bridgehead atoms. The van der Waals surface area contributed by atoms with Crippen molar-refractivity contribution in [2.75, 3.05) is 5.73 Å². The zero-order valence-electron chi connectivity index (χ0n) is 7.78. The largest absolute Gasteiger partial charge is 0.433 e. The molecule has 84 valence electrons. The van der Waals surface area contributed by atoms with E-state index in [1.807, 2.05) is 5.10 Å². The van der Waals surface area contributed by atoms with E-state index in [1.54, 1.807) is 0 Å². The summed E-state index contributed by atoms with van der Waals surface area (Å²) in [6, 6.07) is 1.49. The quantitative estimate of drug-likeness (QED) is 0.775. The van der Waals surface area contributed by atoms with Gasteiger partial charge in [-0.3, -0.25) is 5.10 Å². The van der Waals surface area contributed by atoms with Crippen LogP contribution in [-0.2, 0) is 6.18 Å². The predicted octanol–water partition coefficient (Wildman–Crippen LogP) is 1.47. The van der Waals surface area contributed by atoms with Crippen LogP contribution in [-0.4, -0.2) is 20.2 Å². The van der Waals surface area contributed by atoms with Crippen molar-refractivity contribution in [1.29, 1.82) is 0 Å². The Morgan fingerprint density at radius 1 is 1.19 bits per heavy atom. The van der Waals surface area contributed by atoms with E-state index in [4.69, 9.17) is 5.73 Å². The summed E-state index contributed by atoms with van der Waals surface area (Å²) in [5.41, 5.74) is 3.98. The molecule has 0 aliphatic rings. The highest BCUT2D eigenvalue weighted by atomic mass is 19.4. The number of alkyl halides is 3. The van der Waals surface area contributed by atoms with Crippen LogP contribution in [0.1, 0.15) is 5.69 Å². The van der Waals surface area contributed by atoms with Gasteiger partial charge in [-0.1, -0.05) is 0 Å². The van der Waals surface area contributed by atoms with Crippen molar-refractivity contribution in [2.24, 2.45) is 0 Å². The lowest BCUT2D eigenvalue weighted by Gasteiger charge is -2.05. The minimum atomic E-state index is -4.57. The molecule has 0 aliphatic carbocycles. The summed E-state index contributed by atoms with van der Waals surface area (Å²) < 4.78 is 37.7. The highest BCUT2D eigenvalue weighted by molar-refractivity contribution is 5.71. The van der Waals surface area contributed by atoms with E-state index in [1.165, 1.54) is 18.5 Å². The minimum Gasteiger partial charge on any atom is -0.382 e. The van der Waals surface area contributed by atoms with Crippen LogP contribution in [0, 0.1) is 0 Å². The van der Waals surface area contributed by atoms with Gasteiger partial charge in [0.05, 0.1) is 5.56 Å². The molecule has 0 radical (unpaired) electrons. The SMILES string of the molecule is Nc1n[nH]c(C(F)(F)F)c1-c1ncccn1. The smallest absolute Gasteiger partial charge is 0.382 e. The summed E-state index contributed by atoms with van der Waals surface area (Å²) in [5, 5.41) is 5.14. The zero-order chi connectivity index (χ0) is 11.8. The molecule has 2 aromatic rings. The number of anilines is 1. The van der Waals surface area contributed by atoms with E-state index in [-0.39, 0.29) is 17.2 Å². The molecule has 5 nitrogen and oxygen atoms in total. The van der Waals surface area contributed by atoms with E-state index >= 15 is 0 Å². The molecule has 0 saturated carbocycles. The predicted molar refractivity (Wildman–Crippen MR) is 49.0 cm³/mol. The topological polar surface area (TPSA) is 80.5 Å². The highest BCUT2D eigenvalue weighted by Gasteiger charge is 2.38. The molecular weight excluding hydrogens is 223 g/mol. The van der Waals surface area contributed by atoms with Crippen LogP contribution in [0.25, 0.3) is 11.4 Å². The monoisotopic (exact) mass is 229 g/mol. The maximum absolute atomic E-state index is 12.6. The summed E-state index contributed by atoms with van der Waals surface area (Å²) in [7, 11) is 0. The van der Waals surface area contributed by atoms with Crippen molar-refractivity contribution in [3.8, 4) is 11.4 Å². The molecule has 0 saturated heterocycles. The highest BCUT2D eigenvalue weighted by Crippen LogP contribution is 2.36. The van der Waals surface area contributed by atoms with Gasteiger partial charge < -0.3 is 5.73 Å². The number of nitrogens with two attached hydrogens (primary N) is 1. The Morgan fingerprint density at radius 3 is 2.38 bits per heavy atom. The van der Waals surface area contributed by atoms with Crippen molar-refractivity contribution >= 4 is 5.82 Å². The first-order chi connectivity index (χ1) is 7.50. The second kappa shape index (κ2) is 3.47. The van der Waals surface area contributed by atoms with Gasteiger partial charge in [-0.05, 0) is 6.07 Å². The van der Waals surface area contributed by atoms with E-state index in [0.29, 0.717) is 0 Å². The van der Waals surface area contributed by atoms with E-state index in [2.05, 4.69) is 15.1 Å². The maximum atomic E-state index is 12.6. The molecule has 2 rings (SSSR count). The number of nitrogen functional groups attached to an aromatic ring is 1. The zero-order valence-corrected chi connectivity index (χ0v) is 7.78. The van der Waals surface area contributed by atoms with E-state index in [9.17, 15) is 13.2 Å². The number of hydrogen-bond acceptors (Lipinski definition) is 4. The lowest BCUT2D eigenvalue weighted by atomic mass is 10.2. The average Bonchev–Trinajstić information content (AvgIpc) is 2.61. The Labute approximate surface area is 87.5 Å². The fourth-order valence-corrected chi connectivity index (χ4v) is 1.22. The van der Waals surface area contributed by atoms with Gasteiger partial charge in [0.15, 0.2) is 17.3 Å². The van der Waals surface area contributed by atoms with Crippen LogP contribution in [0.5, 0.6) is 0 Å². The molecule has 0 amide bonds. The third kappa shape index (κ3) is 1.69. The van der Waals surface area contributed by atoms with Gasteiger partial charge in [0, 0.05) is 12.4 Å². The van der Waals surface area contributed by atoms with Gasteiger partial charge in [0.25, 0.3) is 0 Å². The average molecular weight is 229 g/mol. The molecular formula is C8H6F3N5. The van der Waals surface area contributed by atoms with Crippen molar-refractivity contribution in [3.63, 3.8) is 0 Å². The summed E-state index contributed by atoms with van der Waals surface area (Å²) >= 11 is 0. The normalized spacial score (nSPS) is 11.7. The third-order valence-electron chi connectivity index (χ3n) is 1.87. The van der Waals surface area contributed by atoms with Crippen molar-refractivity contribution < 1.29 is 13.2 Å². The standard InChI is InChI=1S/C8H6F3N5/c9-8(10,11)5-4(6(12)16-15-5)7-13-2-1-3-14-7/h1-3H,(H3,12,15,16). The molecule has 0 aromatic carbocycles.